The van der Waals surface area contributed by atoms with Crippen LogP contribution in [-0.2, 0) is 9.47 Å². The van der Waals surface area contributed by atoms with Crippen LogP contribution in [0.2, 0.25) is 0 Å². The molecule has 4 nitrogen and oxygen atoms in total. The normalized spacial score (nSPS) is 46.1. The van der Waals surface area contributed by atoms with E-state index in [9.17, 15) is 10.2 Å². The third-order valence-corrected chi connectivity index (χ3v) is 7.06. The second-order valence-corrected chi connectivity index (χ2v) is 8.88. The van der Waals surface area contributed by atoms with Crippen LogP contribution in [0, 0.1) is 29.6 Å². The molecule has 1 saturated heterocycles. The van der Waals surface area contributed by atoms with Crippen molar-refractivity contribution in [3.63, 3.8) is 0 Å². The van der Waals surface area contributed by atoms with E-state index in [1.165, 1.54) is 25.7 Å². The summed E-state index contributed by atoms with van der Waals surface area (Å²) in [7, 11) is 0. The molecule has 2 aliphatic carbocycles. The van der Waals surface area contributed by atoms with Gasteiger partial charge in [-0.1, -0.05) is 33.1 Å². The third kappa shape index (κ3) is 4.14. The van der Waals surface area contributed by atoms with E-state index in [4.69, 9.17) is 9.47 Å². The van der Waals surface area contributed by atoms with Gasteiger partial charge in [-0.3, -0.25) is 0 Å². The molecule has 3 fully saturated rings. The van der Waals surface area contributed by atoms with Gasteiger partial charge in [-0.15, -0.1) is 0 Å². The van der Waals surface area contributed by atoms with Crippen molar-refractivity contribution >= 4 is 0 Å². The van der Waals surface area contributed by atoms with Crippen molar-refractivity contribution in [3.05, 3.63) is 0 Å². The van der Waals surface area contributed by atoms with Gasteiger partial charge in [0.2, 0.25) is 0 Å². The van der Waals surface area contributed by atoms with E-state index in [0.717, 1.165) is 19.3 Å². The van der Waals surface area contributed by atoms with Crippen LogP contribution < -0.4 is 0 Å². The van der Waals surface area contributed by atoms with Crippen molar-refractivity contribution in [2.75, 3.05) is 6.61 Å². The highest BCUT2D eigenvalue weighted by atomic mass is 16.6. The predicted molar refractivity (Wildman–Crippen MR) is 93.2 cm³/mol. The van der Waals surface area contributed by atoms with Crippen molar-refractivity contribution in [2.24, 2.45) is 29.6 Å². The quantitative estimate of drug-likeness (QED) is 0.766. The standard InChI is InChI=1S/C20H36O4/c1-13-6-4-9-18(13)24-19(21)14(2)16-8-5-7-15-10-11-20(3,22)23-12-17(15)16/h13-19,21-22H,4-12H2,1-3H3/t13?,14-,15?,16?,17?,18?,19?,20+/m1/s1. The van der Waals surface area contributed by atoms with Crippen LogP contribution in [0.5, 0.6) is 0 Å². The Balaban J connectivity index is 1.63. The molecule has 0 aromatic carbocycles. The minimum absolute atomic E-state index is 0.122. The SMILES string of the molecule is CC1CCCC1OC(O)[C@H](C)C1CCCC2CC[C@@](C)(O)OCC21. The fourth-order valence-corrected chi connectivity index (χ4v) is 5.29. The van der Waals surface area contributed by atoms with Gasteiger partial charge >= 0.3 is 0 Å². The van der Waals surface area contributed by atoms with Gasteiger partial charge in [0.15, 0.2) is 12.1 Å². The van der Waals surface area contributed by atoms with Gasteiger partial charge in [-0.05, 0) is 56.3 Å². The summed E-state index contributed by atoms with van der Waals surface area (Å²) in [6.45, 7) is 6.76. The van der Waals surface area contributed by atoms with Gasteiger partial charge in [0.1, 0.15) is 0 Å². The maximum absolute atomic E-state index is 10.7. The minimum Gasteiger partial charge on any atom is -0.368 e. The summed E-state index contributed by atoms with van der Waals surface area (Å²) in [5, 5.41) is 21.0. The summed E-state index contributed by atoms with van der Waals surface area (Å²) in [5.41, 5.74) is 0. The summed E-state index contributed by atoms with van der Waals surface area (Å²) >= 11 is 0. The molecule has 0 aromatic rings. The Morgan fingerprint density at radius 1 is 1.12 bits per heavy atom. The predicted octanol–water partition coefficient (Wildman–Crippen LogP) is 3.70. The molecule has 0 bridgehead atoms. The Kier molecular flexibility index (Phi) is 5.90. The summed E-state index contributed by atoms with van der Waals surface area (Å²) < 4.78 is 11.9. The fourth-order valence-electron chi connectivity index (χ4n) is 5.29. The second-order valence-electron chi connectivity index (χ2n) is 8.88. The summed E-state index contributed by atoms with van der Waals surface area (Å²) in [5.74, 6) is 1.16. The van der Waals surface area contributed by atoms with Crippen LogP contribution in [0.3, 0.4) is 0 Å². The molecule has 0 spiro atoms. The lowest BCUT2D eigenvalue weighted by Gasteiger charge is -2.41. The van der Waals surface area contributed by atoms with Crippen molar-refractivity contribution in [1.82, 2.24) is 0 Å². The highest BCUT2D eigenvalue weighted by Gasteiger charge is 2.43. The average molecular weight is 341 g/mol. The zero-order valence-electron chi connectivity index (χ0n) is 15.6. The number of ether oxygens (including phenoxy) is 2. The van der Waals surface area contributed by atoms with Gasteiger partial charge in [-0.2, -0.15) is 0 Å². The van der Waals surface area contributed by atoms with Gasteiger partial charge in [0, 0.05) is 12.3 Å². The van der Waals surface area contributed by atoms with Gasteiger partial charge in [0.05, 0.1) is 12.7 Å². The van der Waals surface area contributed by atoms with E-state index in [0.29, 0.717) is 36.7 Å². The van der Waals surface area contributed by atoms with Crippen LogP contribution in [0.4, 0.5) is 0 Å². The van der Waals surface area contributed by atoms with Crippen molar-refractivity contribution in [1.29, 1.82) is 0 Å². The molecule has 1 aliphatic heterocycles. The second kappa shape index (κ2) is 7.61. The molecule has 140 valence electrons. The molecule has 0 amide bonds. The van der Waals surface area contributed by atoms with Crippen molar-refractivity contribution in [2.45, 2.75) is 90.3 Å². The molecule has 3 rings (SSSR count). The minimum atomic E-state index is -0.987. The first-order valence-electron chi connectivity index (χ1n) is 10.1. The van der Waals surface area contributed by atoms with Gasteiger partial charge in [-0.25, -0.2) is 0 Å². The molecule has 24 heavy (non-hydrogen) atoms. The van der Waals surface area contributed by atoms with Crippen molar-refractivity contribution in [3.8, 4) is 0 Å². The first kappa shape index (κ1) is 18.6. The van der Waals surface area contributed by atoms with E-state index in [-0.39, 0.29) is 12.0 Å². The molecule has 1 heterocycles. The number of rotatable bonds is 4. The number of aliphatic hydroxyl groups excluding tert-OH is 1. The number of hydrogen-bond donors (Lipinski definition) is 2. The smallest absolute Gasteiger partial charge is 0.162 e. The largest absolute Gasteiger partial charge is 0.368 e. The maximum atomic E-state index is 10.7. The molecule has 4 heteroatoms. The van der Waals surface area contributed by atoms with E-state index in [1.54, 1.807) is 6.92 Å². The Hall–Kier alpha value is -0.160. The molecule has 0 aromatic heterocycles. The monoisotopic (exact) mass is 340 g/mol. The first-order valence-corrected chi connectivity index (χ1v) is 10.1. The van der Waals surface area contributed by atoms with Crippen LogP contribution in [-0.4, -0.2) is 35.0 Å². The zero-order valence-corrected chi connectivity index (χ0v) is 15.6. The molecule has 3 aliphatic rings. The fraction of sp³-hybridized carbons (Fsp3) is 1.00. The third-order valence-electron chi connectivity index (χ3n) is 7.06. The molecule has 6 unspecified atom stereocenters. The van der Waals surface area contributed by atoms with E-state index in [2.05, 4.69) is 13.8 Å². The molecular formula is C20H36O4. The van der Waals surface area contributed by atoms with Crippen molar-refractivity contribution < 1.29 is 19.7 Å². The lowest BCUT2D eigenvalue weighted by atomic mass is 9.66. The lowest BCUT2D eigenvalue weighted by Crippen LogP contribution is -2.41. The van der Waals surface area contributed by atoms with E-state index < -0.39 is 12.1 Å². The topological polar surface area (TPSA) is 58.9 Å². The highest BCUT2D eigenvalue weighted by Crippen LogP contribution is 2.45. The van der Waals surface area contributed by atoms with E-state index >= 15 is 0 Å². The molecule has 2 saturated carbocycles. The average Bonchev–Trinajstić information content (AvgIpc) is 2.87. The maximum Gasteiger partial charge on any atom is 0.162 e. The summed E-state index contributed by atoms with van der Waals surface area (Å²) in [6, 6.07) is 0. The van der Waals surface area contributed by atoms with E-state index in [1.807, 2.05) is 0 Å². The van der Waals surface area contributed by atoms with Crippen LogP contribution >= 0.6 is 0 Å². The summed E-state index contributed by atoms with van der Waals surface area (Å²) in [4.78, 5) is 0. The number of aliphatic hydroxyl groups is 2. The highest BCUT2D eigenvalue weighted by molar-refractivity contribution is 4.89. The molecular weight excluding hydrogens is 304 g/mol. The zero-order chi connectivity index (χ0) is 17.3. The first-order chi connectivity index (χ1) is 11.4. The van der Waals surface area contributed by atoms with Gasteiger partial charge < -0.3 is 19.7 Å². The Morgan fingerprint density at radius 3 is 2.58 bits per heavy atom. The Morgan fingerprint density at radius 2 is 1.88 bits per heavy atom. The number of hydrogen-bond acceptors (Lipinski definition) is 4. The Labute approximate surface area is 146 Å². The molecule has 0 radical (unpaired) electrons. The molecule has 2 N–H and O–H groups in total. The summed E-state index contributed by atoms with van der Waals surface area (Å²) in [6.07, 6.45) is 8.35. The van der Waals surface area contributed by atoms with Crippen LogP contribution in [0.15, 0.2) is 0 Å². The Bertz CT molecular complexity index is 410. The molecule has 8 atom stereocenters. The van der Waals surface area contributed by atoms with Crippen LogP contribution in [0.1, 0.15) is 72.1 Å². The lowest BCUT2D eigenvalue weighted by molar-refractivity contribution is -0.206. The van der Waals surface area contributed by atoms with Crippen LogP contribution in [0.25, 0.3) is 0 Å². The number of fused-ring (bicyclic) bond motifs is 1. The van der Waals surface area contributed by atoms with Gasteiger partial charge in [0.25, 0.3) is 0 Å².